The van der Waals surface area contributed by atoms with Gasteiger partial charge in [-0.2, -0.15) is 10.2 Å². The topological polar surface area (TPSA) is 72.3 Å². The smallest absolute Gasteiger partial charge is 0.246 e. The number of terminal acetylenes is 1. The third kappa shape index (κ3) is 3.81. The van der Waals surface area contributed by atoms with E-state index in [0.717, 1.165) is 12.0 Å². The number of nitrogens with zero attached hydrogens (tertiary/aromatic N) is 2. The van der Waals surface area contributed by atoms with Gasteiger partial charge in [0, 0.05) is 25.8 Å². The number of hydrogen-bond acceptors (Lipinski definition) is 5. The first kappa shape index (κ1) is 16.6. The van der Waals surface area contributed by atoms with Gasteiger partial charge in [0.2, 0.25) is 5.91 Å². The number of nitrogens with one attached hydrogen (secondary N) is 1. The van der Waals surface area contributed by atoms with Gasteiger partial charge in [-0.1, -0.05) is 30.3 Å². The van der Waals surface area contributed by atoms with E-state index in [1.807, 2.05) is 30.3 Å². The molecule has 1 amide bonds. The Hall–Kier alpha value is -2.23. The summed E-state index contributed by atoms with van der Waals surface area (Å²) in [5.41, 5.74) is 0.161. The predicted octanol–water partition coefficient (Wildman–Crippen LogP) is 2.01. The van der Waals surface area contributed by atoms with Crippen molar-refractivity contribution in [3.05, 3.63) is 35.9 Å². The molecule has 1 aromatic rings. The van der Waals surface area contributed by atoms with E-state index in [1.165, 1.54) is 0 Å². The average Bonchev–Trinajstić information content (AvgIpc) is 3.33. The summed E-state index contributed by atoms with van der Waals surface area (Å²) in [6.45, 7) is 1.45. The van der Waals surface area contributed by atoms with Gasteiger partial charge in [-0.05, 0) is 5.56 Å². The Morgan fingerprint density at radius 3 is 2.62 bits per heavy atom. The second-order valence-electron chi connectivity index (χ2n) is 6.13. The Balaban J connectivity index is 1.40. The van der Waals surface area contributed by atoms with Crippen LogP contribution >= 0.6 is 0 Å². The molecular weight excluding hydrogens is 306 g/mol. The van der Waals surface area contributed by atoms with E-state index < -0.39 is 5.60 Å². The molecule has 2 heterocycles. The minimum Gasteiger partial charge on any atom is -0.375 e. The van der Waals surface area contributed by atoms with E-state index in [0.29, 0.717) is 32.6 Å². The van der Waals surface area contributed by atoms with Gasteiger partial charge in [-0.15, -0.1) is 12.3 Å². The summed E-state index contributed by atoms with van der Waals surface area (Å²) in [4.78, 5) is 12.0. The van der Waals surface area contributed by atoms with Crippen molar-refractivity contribution in [2.75, 3.05) is 26.4 Å². The maximum Gasteiger partial charge on any atom is 0.246 e. The number of hydrogen-bond donors (Lipinski definition) is 1. The van der Waals surface area contributed by atoms with Gasteiger partial charge in [-0.25, -0.2) is 0 Å². The van der Waals surface area contributed by atoms with Crippen LogP contribution in [0.25, 0.3) is 0 Å². The summed E-state index contributed by atoms with van der Waals surface area (Å²) in [5.74, 6) is 2.44. The SMILES string of the molecule is C#CCCC1(CCNC(=O)COC2(c3ccccc3)COC2)N=N1. The largest absolute Gasteiger partial charge is 0.375 e. The molecule has 0 unspecified atom stereocenters. The number of ether oxygens (including phenoxy) is 2. The molecule has 0 radical (unpaired) electrons. The Morgan fingerprint density at radius 2 is 2.04 bits per heavy atom. The van der Waals surface area contributed by atoms with Gasteiger partial charge >= 0.3 is 0 Å². The van der Waals surface area contributed by atoms with Crippen LogP contribution in [0.2, 0.25) is 0 Å². The van der Waals surface area contributed by atoms with Gasteiger partial charge < -0.3 is 14.8 Å². The molecule has 24 heavy (non-hydrogen) atoms. The highest BCUT2D eigenvalue weighted by Gasteiger charge is 2.42. The summed E-state index contributed by atoms with van der Waals surface area (Å²) < 4.78 is 11.2. The second-order valence-corrected chi connectivity index (χ2v) is 6.13. The van der Waals surface area contributed by atoms with Crippen molar-refractivity contribution in [3.63, 3.8) is 0 Å². The number of benzene rings is 1. The third-order valence-electron chi connectivity index (χ3n) is 4.35. The summed E-state index contributed by atoms with van der Waals surface area (Å²) >= 11 is 0. The van der Waals surface area contributed by atoms with E-state index >= 15 is 0 Å². The van der Waals surface area contributed by atoms with E-state index in [9.17, 15) is 4.79 Å². The molecule has 6 nitrogen and oxygen atoms in total. The number of amides is 1. The Labute approximate surface area is 141 Å². The maximum absolute atomic E-state index is 12.0. The van der Waals surface area contributed by atoms with Gasteiger partial charge in [-0.3, -0.25) is 4.79 Å². The molecule has 0 spiro atoms. The van der Waals surface area contributed by atoms with Crippen LogP contribution in [-0.4, -0.2) is 37.9 Å². The monoisotopic (exact) mass is 327 g/mol. The van der Waals surface area contributed by atoms with Crippen LogP contribution < -0.4 is 5.32 Å². The zero-order valence-corrected chi connectivity index (χ0v) is 13.5. The number of carbonyl (C=O) groups is 1. The van der Waals surface area contributed by atoms with Crippen molar-refractivity contribution in [1.29, 1.82) is 0 Å². The van der Waals surface area contributed by atoms with Crippen molar-refractivity contribution in [2.24, 2.45) is 10.2 Å². The van der Waals surface area contributed by atoms with Crippen LogP contribution in [0.5, 0.6) is 0 Å². The van der Waals surface area contributed by atoms with E-state index in [4.69, 9.17) is 15.9 Å². The molecule has 0 aliphatic carbocycles. The normalized spacial score (nSPS) is 19.1. The molecule has 6 heteroatoms. The van der Waals surface area contributed by atoms with Gasteiger partial charge in [0.15, 0.2) is 5.66 Å². The molecule has 0 saturated carbocycles. The molecule has 0 atom stereocenters. The van der Waals surface area contributed by atoms with Crippen molar-refractivity contribution < 1.29 is 14.3 Å². The van der Waals surface area contributed by atoms with Crippen LogP contribution in [0, 0.1) is 12.3 Å². The molecular formula is C18H21N3O3. The lowest BCUT2D eigenvalue weighted by Crippen LogP contribution is -2.50. The van der Waals surface area contributed by atoms with Crippen LogP contribution in [0.4, 0.5) is 0 Å². The summed E-state index contributed by atoms with van der Waals surface area (Å²) in [7, 11) is 0. The standard InChI is InChI=1S/C18H21N3O3/c1-2-3-9-18(20-21-18)10-11-19-16(22)12-24-17(13-23-14-17)15-7-5-4-6-8-15/h1,4-8H,3,9-14H2,(H,19,22). The summed E-state index contributed by atoms with van der Waals surface area (Å²) in [6, 6.07) is 9.85. The van der Waals surface area contributed by atoms with E-state index in [2.05, 4.69) is 21.5 Å². The van der Waals surface area contributed by atoms with Gasteiger partial charge in [0.25, 0.3) is 0 Å². The molecule has 126 valence electrons. The Bertz CT molecular complexity index is 641. The third-order valence-corrected chi connectivity index (χ3v) is 4.35. The zero-order chi connectivity index (χ0) is 16.9. The molecule has 2 aliphatic heterocycles. The molecule has 0 aromatic heterocycles. The van der Waals surface area contributed by atoms with E-state index in [-0.39, 0.29) is 18.2 Å². The number of carbonyl (C=O) groups excluding carboxylic acids is 1. The van der Waals surface area contributed by atoms with E-state index in [1.54, 1.807) is 0 Å². The minimum atomic E-state index is -0.506. The fraction of sp³-hybridized carbons (Fsp3) is 0.500. The zero-order valence-electron chi connectivity index (χ0n) is 13.5. The molecule has 2 aliphatic rings. The first-order chi connectivity index (χ1) is 11.7. The molecule has 0 bridgehead atoms. The minimum absolute atomic E-state index is 0.00386. The molecule has 1 aromatic carbocycles. The average molecular weight is 327 g/mol. The summed E-state index contributed by atoms with van der Waals surface area (Å²) in [6.07, 6.45) is 7.31. The lowest BCUT2D eigenvalue weighted by Gasteiger charge is -2.41. The second kappa shape index (κ2) is 7.12. The Kier molecular flexibility index (Phi) is 4.93. The van der Waals surface area contributed by atoms with Crippen molar-refractivity contribution >= 4 is 5.91 Å². The molecule has 3 rings (SSSR count). The van der Waals surface area contributed by atoms with Crippen molar-refractivity contribution in [3.8, 4) is 12.3 Å². The van der Waals surface area contributed by atoms with Gasteiger partial charge in [0.05, 0.1) is 13.2 Å². The van der Waals surface area contributed by atoms with Crippen molar-refractivity contribution in [2.45, 2.75) is 30.5 Å². The predicted molar refractivity (Wildman–Crippen MR) is 88.2 cm³/mol. The van der Waals surface area contributed by atoms with Crippen LogP contribution in [0.1, 0.15) is 24.8 Å². The quantitative estimate of drug-likeness (QED) is 0.705. The van der Waals surface area contributed by atoms with Gasteiger partial charge in [0.1, 0.15) is 12.2 Å². The van der Waals surface area contributed by atoms with Crippen LogP contribution in [0.15, 0.2) is 40.6 Å². The number of rotatable bonds is 9. The highest BCUT2D eigenvalue weighted by atomic mass is 16.6. The highest BCUT2D eigenvalue weighted by Crippen LogP contribution is 2.36. The summed E-state index contributed by atoms with van der Waals surface area (Å²) in [5, 5.41) is 10.9. The first-order valence-electron chi connectivity index (χ1n) is 8.10. The highest BCUT2D eigenvalue weighted by molar-refractivity contribution is 5.77. The Morgan fingerprint density at radius 1 is 1.29 bits per heavy atom. The molecule has 1 fully saturated rings. The lowest BCUT2D eigenvalue weighted by molar-refractivity contribution is -0.216. The van der Waals surface area contributed by atoms with Crippen LogP contribution in [0.3, 0.4) is 0 Å². The van der Waals surface area contributed by atoms with Crippen LogP contribution in [-0.2, 0) is 19.9 Å². The fourth-order valence-corrected chi connectivity index (χ4v) is 2.69. The molecule has 1 N–H and O–H groups in total. The maximum atomic E-state index is 12.0. The lowest BCUT2D eigenvalue weighted by atomic mass is 9.92. The first-order valence-corrected chi connectivity index (χ1v) is 8.10. The van der Waals surface area contributed by atoms with Crippen molar-refractivity contribution in [1.82, 2.24) is 5.32 Å². The molecule has 1 saturated heterocycles. The fourth-order valence-electron chi connectivity index (χ4n) is 2.69.